The standard InChI is InChI=1S/C22H23NO7/c1-3-29-21(25)20(22(26)30-4-2)18(14-19(24)15-9-6-5-7-10-15)16-11-8-12-17(13-16)23(27)28/h5-13,18,20H,3-4,14H2,1-2H3/t18-/m1/s1. The van der Waals surface area contributed by atoms with E-state index in [2.05, 4.69) is 0 Å². The van der Waals surface area contributed by atoms with Gasteiger partial charge in [0.1, 0.15) is 0 Å². The number of Topliss-reactive ketones (excluding diaryl/α,β-unsaturated/α-hetero) is 1. The Bertz CT molecular complexity index is 893. The van der Waals surface area contributed by atoms with Gasteiger partial charge in [-0.1, -0.05) is 42.5 Å². The average Bonchev–Trinajstić information content (AvgIpc) is 2.74. The van der Waals surface area contributed by atoms with Gasteiger partial charge in [-0.05, 0) is 19.4 Å². The largest absolute Gasteiger partial charge is 0.465 e. The van der Waals surface area contributed by atoms with Crippen LogP contribution in [0.3, 0.4) is 0 Å². The molecule has 0 amide bonds. The molecule has 0 radical (unpaired) electrons. The highest BCUT2D eigenvalue weighted by molar-refractivity contribution is 6.00. The maximum absolute atomic E-state index is 12.9. The second-order valence-electron chi connectivity index (χ2n) is 6.43. The molecule has 8 nitrogen and oxygen atoms in total. The fraction of sp³-hybridized carbons (Fsp3) is 0.318. The van der Waals surface area contributed by atoms with Gasteiger partial charge < -0.3 is 9.47 Å². The predicted octanol–water partition coefficient (Wildman–Crippen LogP) is 3.69. The Morgan fingerprint density at radius 1 is 0.933 bits per heavy atom. The van der Waals surface area contributed by atoms with E-state index < -0.39 is 28.7 Å². The van der Waals surface area contributed by atoms with Gasteiger partial charge in [0, 0.05) is 30.0 Å². The van der Waals surface area contributed by atoms with Crippen LogP contribution < -0.4 is 0 Å². The quantitative estimate of drug-likeness (QED) is 0.192. The lowest BCUT2D eigenvalue weighted by Gasteiger charge is -2.24. The van der Waals surface area contributed by atoms with E-state index in [9.17, 15) is 24.5 Å². The van der Waals surface area contributed by atoms with Crippen LogP contribution in [-0.2, 0) is 19.1 Å². The summed E-state index contributed by atoms with van der Waals surface area (Å²) in [5.74, 6) is -4.41. The number of nitrogens with zero attached hydrogens (tertiary/aromatic N) is 1. The molecule has 0 saturated carbocycles. The maximum Gasteiger partial charge on any atom is 0.320 e. The summed E-state index contributed by atoms with van der Waals surface area (Å²) in [4.78, 5) is 48.8. The molecule has 2 aromatic carbocycles. The summed E-state index contributed by atoms with van der Waals surface area (Å²) in [7, 11) is 0. The van der Waals surface area contributed by atoms with Crippen molar-refractivity contribution < 1.29 is 28.8 Å². The molecule has 0 unspecified atom stereocenters. The zero-order chi connectivity index (χ0) is 22.1. The number of nitro groups is 1. The monoisotopic (exact) mass is 413 g/mol. The van der Waals surface area contributed by atoms with Crippen molar-refractivity contribution in [2.75, 3.05) is 13.2 Å². The molecule has 30 heavy (non-hydrogen) atoms. The first-order valence-corrected chi connectivity index (χ1v) is 9.54. The molecule has 0 saturated heterocycles. The number of ether oxygens (including phenoxy) is 2. The van der Waals surface area contributed by atoms with Crippen LogP contribution in [0.2, 0.25) is 0 Å². The number of non-ortho nitro benzene ring substituents is 1. The summed E-state index contributed by atoms with van der Waals surface area (Å²) in [6, 6.07) is 13.9. The van der Waals surface area contributed by atoms with Crippen molar-refractivity contribution in [3.63, 3.8) is 0 Å². The number of carbonyl (C=O) groups is 3. The number of hydrogen-bond acceptors (Lipinski definition) is 7. The van der Waals surface area contributed by atoms with Gasteiger partial charge in [-0.3, -0.25) is 24.5 Å². The number of nitro benzene ring substituents is 1. The summed E-state index contributed by atoms with van der Waals surface area (Å²) in [5.41, 5.74) is 0.495. The maximum atomic E-state index is 12.9. The highest BCUT2D eigenvalue weighted by Gasteiger charge is 2.40. The van der Waals surface area contributed by atoms with Gasteiger partial charge in [0.2, 0.25) is 0 Å². The van der Waals surface area contributed by atoms with Crippen LogP contribution >= 0.6 is 0 Å². The van der Waals surface area contributed by atoms with E-state index in [0.717, 1.165) is 0 Å². The van der Waals surface area contributed by atoms with Crippen molar-refractivity contribution in [3.05, 3.63) is 75.8 Å². The van der Waals surface area contributed by atoms with E-state index in [1.165, 1.54) is 18.2 Å². The van der Waals surface area contributed by atoms with Crippen molar-refractivity contribution in [2.24, 2.45) is 5.92 Å². The predicted molar refractivity (Wildman–Crippen MR) is 108 cm³/mol. The van der Waals surface area contributed by atoms with Crippen molar-refractivity contribution in [2.45, 2.75) is 26.2 Å². The normalized spacial score (nSPS) is 11.6. The van der Waals surface area contributed by atoms with Crippen LogP contribution in [0.1, 0.15) is 42.1 Å². The second kappa shape index (κ2) is 10.8. The third-order valence-corrected chi connectivity index (χ3v) is 4.49. The topological polar surface area (TPSA) is 113 Å². The van der Waals surface area contributed by atoms with E-state index in [1.54, 1.807) is 50.2 Å². The summed E-state index contributed by atoms with van der Waals surface area (Å²) >= 11 is 0. The minimum Gasteiger partial charge on any atom is -0.465 e. The molecule has 2 rings (SSSR count). The third kappa shape index (κ3) is 5.73. The van der Waals surface area contributed by atoms with Gasteiger partial charge in [0.25, 0.3) is 5.69 Å². The van der Waals surface area contributed by atoms with Crippen LogP contribution in [0.25, 0.3) is 0 Å². The number of esters is 2. The first kappa shape index (κ1) is 22.7. The van der Waals surface area contributed by atoms with Crippen LogP contribution in [0, 0.1) is 16.0 Å². The van der Waals surface area contributed by atoms with Crippen LogP contribution in [0.4, 0.5) is 5.69 Å². The van der Waals surface area contributed by atoms with Crippen molar-refractivity contribution in [1.82, 2.24) is 0 Å². The van der Waals surface area contributed by atoms with Crippen LogP contribution in [0.15, 0.2) is 54.6 Å². The molecule has 0 bridgehead atoms. The molecule has 0 aliphatic rings. The Labute approximate surface area is 174 Å². The fourth-order valence-corrected chi connectivity index (χ4v) is 3.13. The lowest BCUT2D eigenvalue weighted by atomic mass is 9.81. The fourth-order valence-electron chi connectivity index (χ4n) is 3.13. The first-order valence-electron chi connectivity index (χ1n) is 9.54. The van der Waals surface area contributed by atoms with E-state index in [-0.39, 0.29) is 31.1 Å². The highest BCUT2D eigenvalue weighted by Crippen LogP contribution is 2.33. The first-order chi connectivity index (χ1) is 14.4. The van der Waals surface area contributed by atoms with Crippen LogP contribution in [0.5, 0.6) is 0 Å². The van der Waals surface area contributed by atoms with Crippen molar-refractivity contribution in [1.29, 1.82) is 0 Å². The Morgan fingerprint density at radius 2 is 1.53 bits per heavy atom. The molecular formula is C22H23NO7. The molecule has 0 heterocycles. The molecule has 158 valence electrons. The van der Waals surface area contributed by atoms with Crippen molar-refractivity contribution in [3.8, 4) is 0 Å². The summed E-state index contributed by atoms with van der Waals surface area (Å²) in [5, 5.41) is 11.2. The smallest absolute Gasteiger partial charge is 0.320 e. The molecule has 2 aromatic rings. The summed E-state index contributed by atoms with van der Waals surface area (Å²) < 4.78 is 10.1. The van der Waals surface area contributed by atoms with Gasteiger partial charge in [-0.15, -0.1) is 0 Å². The lowest BCUT2D eigenvalue weighted by Crippen LogP contribution is -2.34. The van der Waals surface area contributed by atoms with Crippen LogP contribution in [-0.4, -0.2) is 35.9 Å². The van der Waals surface area contributed by atoms with Gasteiger partial charge in [-0.2, -0.15) is 0 Å². The van der Waals surface area contributed by atoms with E-state index in [4.69, 9.17) is 9.47 Å². The molecule has 8 heteroatoms. The van der Waals surface area contributed by atoms with Gasteiger partial charge in [0.15, 0.2) is 11.7 Å². The molecule has 0 aliphatic heterocycles. The SMILES string of the molecule is CCOC(=O)C(C(=O)OCC)[C@H](CC(=O)c1ccccc1)c1cccc([N+](=O)[O-])c1. The van der Waals surface area contributed by atoms with Gasteiger partial charge in [-0.25, -0.2) is 0 Å². The van der Waals surface area contributed by atoms with Gasteiger partial charge in [0.05, 0.1) is 18.1 Å². The molecule has 0 aliphatic carbocycles. The second-order valence-corrected chi connectivity index (χ2v) is 6.43. The number of benzene rings is 2. The Balaban J connectivity index is 2.53. The molecular weight excluding hydrogens is 390 g/mol. The Morgan fingerprint density at radius 3 is 2.07 bits per heavy atom. The van der Waals surface area contributed by atoms with E-state index in [0.29, 0.717) is 11.1 Å². The summed E-state index contributed by atoms with van der Waals surface area (Å²) in [6.45, 7) is 3.25. The zero-order valence-electron chi connectivity index (χ0n) is 16.8. The van der Waals surface area contributed by atoms with E-state index in [1.807, 2.05) is 0 Å². The number of rotatable bonds is 10. The summed E-state index contributed by atoms with van der Waals surface area (Å²) in [6.07, 6.45) is -0.229. The number of carbonyl (C=O) groups excluding carboxylic acids is 3. The lowest BCUT2D eigenvalue weighted by molar-refractivity contribution is -0.384. The van der Waals surface area contributed by atoms with Crippen molar-refractivity contribution >= 4 is 23.4 Å². The Kier molecular flexibility index (Phi) is 8.22. The minimum atomic E-state index is -1.43. The average molecular weight is 413 g/mol. The third-order valence-electron chi connectivity index (χ3n) is 4.49. The molecule has 0 spiro atoms. The highest BCUT2D eigenvalue weighted by atomic mass is 16.6. The number of hydrogen-bond donors (Lipinski definition) is 0. The number of ketones is 1. The minimum absolute atomic E-state index is 0.0308. The zero-order valence-corrected chi connectivity index (χ0v) is 16.8. The molecule has 0 fully saturated rings. The van der Waals surface area contributed by atoms with E-state index >= 15 is 0 Å². The molecule has 0 N–H and O–H groups in total. The molecule has 1 atom stereocenters. The Hall–Kier alpha value is -3.55. The van der Waals surface area contributed by atoms with Gasteiger partial charge >= 0.3 is 11.9 Å². The molecule has 0 aromatic heterocycles.